The van der Waals surface area contributed by atoms with E-state index in [0.29, 0.717) is 22.7 Å². The fraction of sp³-hybridized carbons (Fsp3) is 0.100. The standard InChI is InChI=1S/C30H27IN4O5S/c1-22-7-13-25(14-8-22)33-30(37)21-40-27-17-9-23(10-18-27)19-32-34-29(36)20-35(26-15-11-24(31)12-16-26)41(38,39)28-5-3-2-4-6-28/h2-19H,20-21H2,1H3,(H,33,37)(H,34,36)/b32-19-. The van der Waals surface area contributed by atoms with Gasteiger partial charge in [-0.05, 0) is 108 Å². The fourth-order valence-electron chi connectivity index (χ4n) is 3.62. The highest BCUT2D eigenvalue weighted by atomic mass is 127. The molecule has 2 amide bonds. The van der Waals surface area contributed by atoms with Crippen molar-refractivity contribution in [2.75, 3.05) is 22.8 Å². The molecule has 0 atom stereocenters. The van der Waals surface area contributed by atoms with Gasteiger partial charge in [-0.1, -0.05) is 35.9 Å². The summed E-state index contributed by atoms with van der Waals surface area (Å²) >= 11 is 2.12. The number of halogens is 1. The smallest absolute Gasteiger partial charge is 0.264 e. The Morgan fingerprint density at radius 2 is 1.54 bits per heavy atom. The number of ether oxygens (including phenoxy) is 1. The van der Waals surface area contributed by atoms with E-state index in [1.165, 1.54) is 18.3 Å². The summed E-state index contributed by atoms with van der Waals surface area (Å²) in [6, 6.07) is 29.0. The van der Waals surface area contributed by atoms with Gasteiger partial charge in [-0.2, -0.15) is 5.10 Å². The third-order valence-corrected chi connectivity index (χ3v) is 8.23. The molecular weight excluding hydrogens is 655 g/mol. The number of nitrogens with one attached hydrogen (secondary N) is 2. The lowest BCUT2D eigenvalue weighted by atomic mass is 10.2. The number of carbonyl (C=O) groups is 2. The summed E-state index contributed by atoms with van der Waals surface area (Å²) in [6.07, 6.45) is 1.42. The van der Waals surface area contributed by atoms with Crippen LogP contribution in [0.4, 0.5) is 11.4 Å². The number of nitrogens with zero attached hydrogens (tertiary/aromatic N) is 2. The Kier molecular flexibility index (Phi) is 10.1. The highest BCUT2D eigenvalue weighted by Gasteiger charge is 2.27. The molecule has 9 nitrogen and oxygen atoms in total. The topological polar surface area (TPSA) is 117 Å². The first-order chi connectivity index (χ1) is 19.7. The lowest BCUT2D eigenvalue weighted by Crippen LogP contribution is -2.39. The predicted molar refractivity (Wildman–Crippen MR) is 168 cm³/mol. The predicted octanol–water partition coefficient (Wildman–Crippen LogP) is 4.96. The molecule has 0 unspecified atom stereocenters. The minimum Gasteiger partial charge on any atom is -0.484 e. The maximum absolute atomic E-state index is 13.3. The fourth-order valence-corrected chi connectivity index (χ4v) is 5.42. The van der Waals surface area contributed by atoms with Crippen LogP contribution in [0.2, 0.25) is 0 Å². The van der Waals surface area contributed by atoms with Crippen LogP contribution in [0, 0.1) is 10.5 Å². The Bertz CT molecular complexity index is 1610. The van der Waals surface area contributed by atoms with Crippen molar-refractivity contribution < 1.29 is 22.7 Å². The maximum Gasteiger partial charge on any atom is 0.264 e. The minimum atomic E-state index is -4.00. The minimum absolute atomic E-state index is 0.0739. The molecule has 0 fully saturated rings. The van der Waals surface area contributed by atoms with Gasteiger partial charge in [0.2, 0.25) is 0 Å². The Labute approximate surface area is 252 Å². The number of sulfonamides is 1. The van der Waals surface area contributed by atoms with Gasteiger partial charge < -0.3 is 10.1 Å². The quantitative estimate of drug-likeness (QED) is 0.132. The second-order valence-corrected chi connectivity index (χ2v) is 12.0. The Hall–Kier alpha value is -4.23. The number of anilines is 2. The summed E-state index contributed by atoms with van der Waals surface area (Å²) < 4.78 is 34.2. The monoisotopic (exact) mass is 682 g/mol. The van der Waals surface area contributed by atoms with E-state index in [1.54, 1.807) is 66.7 Å². The van der Waals surface area contributed by atoms with Gasteiger partial charge in [0.25, 0.3) is 21.8 Å². The van der Waals surface area contributed by atoms with Gasteiger partial charge in [0.05, 0.1) is 16.8 Å². The first-order valence-electron chi connectivity index (χ1n) is 12.5. The molecule has 0 aliphatic rings. The summed E-state index contributed by atoms with van der Waals surface area (Å²) in [5.74, 6) is -0.404. The summed E-state index contributed by atoms with van der Waals surface area (Å²) in [7, 11) is -4.00. The molecule has 4 aromatic carbocycles. The van der Waals surface area contributed by atoms with Crippen molar-refractivity contribution >= 4 is 62.0 Å². The molecule has 210 valence electrons. The van der Waals surface area contributed by atoms with Crippen LogP contribution in [0.1, 0.15) is 11.1 Å². The van der Waals surface area contributed by atoms with E-state index in [2.05, 4.69) is 38.4 Å². The molecular formula is C30H27IN4O5S. The normalized spacial score (nSPS) is 11.2. The molecule has 0 radical (unpaired) electrons. The number of hydrogen-bond acceptors (Lipinski definition) is 6. The number of rotatable bonds is 11. The Morgan fingerprint density at radius 1 is 0.878 bits per heavy atom. The van der Waals surface area contributed by atoms with Gasteiger partial charge >= 0.3 is 0 Å². The van der Waals surface area contributed by atoms with Crippen LogP contribution < -0.4 is 19.8 Å². The molecule has 0 bridgehead atoms. The number of amides is 2. The molecule has 0 saturated heterocycles. The van der Waals surface area contributed by atoms with E-state index < -0.39 is 22.5 Å². The van der Waals surface area contributed by atoms with Crippen LogP contribution in [0.25, 0.3) is 0 Å². The summed E-state index contributed by atoms with van der Waals surface area (Å²) in [4.78, 5) is 24.9. The van der Waals surface area contributed by atoms with Crippen LogP contribution in [-0.2, 0) is 19.6 Å². The molecule has 41 heavy (non-hydrogen) atoms. The van der Waals surface area contributed by atoms with Crippen LogP contribution in [0.15, 0.2) is 113 Å². The van der Waals surface area contributed by atoms with Crippen LogP contribution in [0.5, 0.6) is 5.75 Å². The van der Waals surface area contributed by atoms with Crippen molar-refractivity contribution in [2.24, 2.45) is 5.10 Å². The van der Waals surface area contributed by atoms with Crippen molar-refractivity contribution in [3.05, 3.63) is 118 Å². The van der Waals surface area contributed by atoms with Crippen LogP contribution >= 0.6 is 22.6 Å². The van der Waals surface area contributed by atoms with Crippen molar-refractivity contribution in [1.29, 1.82) is 0 Å². The largest absolute Gasteiger partial charge is 0.484 e. The molecule has 0 spiro atoms. The zero-order chi connectivity index (χ0) is 29.2. The summed E-state index contributed by atoms with van der Waals surface area (Å²) in [6.45, 7) is 1.35. The third kappa shape index (κ3) is 8.63. The molecule has 2 N–H and O–H groups in total. The lowest BCUT2D eigenvalue weighted by Gasteiger charge is -2.23. The molecule has 0 heterocycles. The van der Waals surface area contributed by atoms with E-state index >= 15 is 0 Å². The average Bonchev–Trinajstić information content (AvgIpc) is 2.98. The summed E-state index contributed by atoms with van der Waals surface area (Å²) in [5, 5.41) is 6.73. The number of hydrogen-bond donors (Lipinski definition) is 2. The Balaban J connectivity index is 1.33. The van der Waals surface area contributed by atoms with Gasteiger partial charge in [0.1, 0.15) is 12.3 Å². The number of benzene rings is 4. The van der Waals surface area contributed by atoms with E-state index in [9.17, 15) is 18.0 Å². The Morgan fingerprint density at radius 3 is 2.20 bits per heavy atom. The van der Waals surface area contributed by atoms with Crippen molar-refractivity contribution in [3.8, 4) is 5.75 Å². The van der Waals surface area contributed by atoms with E-state index in [1.807, 2.05) is 31.2 Å². The molecule has 0 aromatic heterocycles. The molecule has 4 aromatic rings. The molecule has 0 saturated carbocycles. The number of hydrazone groups is 1. The third-order valence-electron chi connectivity index (χ3n) is 5.72. The van der Waals surface area contributed by atoms with E-state index in [-0.39, 0.29) is 17.4 Å². The zero-order valence-corrected chi connectivity index (χ0v) is 25.0. The molecule has 4 rings (SSSR count). The van der Waals surface area contributed by atoms with Crippen molar-refractivity contribution in [1.82, 2.24) is 5.43 Å². The second kappa shape index (κ2) is 13.9. The highest BCUT2D eigenvalue weighted by molar-refractivity contribution is 14.1. The van der Waals surface area contributed by atoms with Gasteiger partial charge in [-0.15, -0.1) is 0 Å². The second-order valence-electron chi connectivity index (χ2n) is 8.87. The molecule has 0 aliphatic heterocycles. The van der Waals surface area contributed by atoms with E-state index in [0.717, 1.165) is 13.4 Å². The van der Waals surface area contributed by atoms with Gasteiger partial charge in [-0.25, -0.2) is 13.8 Å². The van der Waals surface area contributed by atoms with Crippen molar-refractivity contribution in [2.45, 2.75) is 11.8 Å². The average molecular weight is 683 g/mol. The van der Waals surface area contributed by atoms with Crippen LogP contribution in [-0.4, -0.2) is 39.6 Å². The van der Waals surface area contributed by atoms with Gasteiger partial charge in [0, 0.05) is 9.26 Å². The number of carbonyl (C=O) groups excluding carboxylic acids is 2. The first-order valence-corrected chi connectivity index (χ1v) is 15.0. The molecule has 11 heteroatoms. The first kappa shape index (κ1) is 29.7. The SMILES string of the molecule is Cc1ccc(NC(=O)COc2ccc(/C=N\NC(=O)CN(c3ccc(I)cc3)S(=O)(=O)c3ccccc3)cc2)cc1. The van der Waals surface area contributed by atoms with Crippen molar-refractivity contribution in [3.63, 3.8) is 0 Å². The van der Waals surface area contributed by atoms with Gasteiger partial charge in [0.15, 0.2) is 6.61 Å². The maximum atomic E-state index is 13.3. The van der Waals surface area contributed by atoms with Crippen LogP contribution in [0.3, 0.4) is 0 Å². The summed E-state index contributed by atoms with van der Waals surface area (Å²) in [5.41, 5.74) is 5.20. The number of aryl methyl sites for hydroxylation is 1. The zero-order valence-electron chi connectivity index (χ0n) is 22.0. The molecule has 0 aliphatic carbocycles. The van der Waals surface area contributed by atoms with E-state index in [4.69, 9.17) is 4.74 Å². The highest BCUT2D eigenvalue weighted by Crippen LogP contribution is 2.24. The lowest BCUT2D eigenvalue weighted by molar-refractivity contribution is -0.119. The van der Waals surface area contributed by atoms with Gasteiger partial charge in [-0.3, -0.25) is 13.9 Å².